The molecule has 1 aliphatic rings. The largest absolute Gasteiger partial charge is 0.465 e. The monoisotopic (exact) mass is 364 g/mol. The Bertz CT molecular complexity index is 903. The molecule has 1 atom stereocenters. The minimum absolute atomic E-state index is 0.124. The van der Waals surface area contributed by atoms with Gasteiger partial charge in [0.05, 0.1) is 25.1 Å². The molecule has 0 saturated carbocycles. The standard InChI is InChI=1S/C21H20N2O4/c1-14(24)23-12-11-15-5-3-4-6-18(15)19(23)13-20(25)22-17-9-7-16(8-10-17)21(26)27-2/h3-12,19H,13H2,1-2H3,(H,22,25)/t19-/m1/s1. The van der Waals surface area contributed by atoms with Crippen molar-refractivity contribution < 1.29 is 19.1 Å². The number of carbonyl (C=O) groups excluding carboxylic acids is 3. The van der Waals surface area contributed by atoms with E-state index in [1.807, 2.05) is 30.3 Å². The Morgan fingerprint density at radius 2 is 1.78 bits per heavy atom. The van der Waals surface area contributed by atoms with Crippen LogP contribution in [0.2, 0.25) is 0 Å². The first-order valence-electron chi connectivity index (χ1n) is 8.54. The number of carbonyl (C=O) groups is 3. The van der Waals surface area contributed by atoms with Crippen LogP contribution in [0.15, 0.2) is 54.7 Å². The number of esters is 1. The average Bonchev–Trinajstić information content (AvgIpc) is 2.68. The number of fused-ring (bicyclic) bond motifs is 1. The fourth-order valence-electron chi connectivity index (χ4n) is 3.11. The molecular formula is C21H20N2O4. The number of anilines is 1. The van der Waals surface area contributed by atoms with Gasteiger partial charge in [0.15, 0.2) is 0 Å². The van der Waals surface area contributed by atoms with E-state index < -0.39 is 5.97 Å². The zero-order chi connectivity index (χ0) is 19.4. The molecule has 3 rings (SSSR count). The van der Waals surface area contributed by atoms with Gasteiger partial charge in [0.25, 0.3) is 0 Å². The molecule has 2 aromatic carbocycles. The van der Waals surface area contributed by atoms with E-state index in [0.29, 0.717) is 11.3 Å². The van der Waals surface area contributed by atoms with Gasteiger partial charge in [0, 0.05) is 18.8 Å². The van der Waals surface area contributed by atoms with Crippen molar-refractivity contribution in [1.82, 2.24) is 4.90 Å². The first-order chi connectivity index (χ1) is 13.0. The number of amides is 2. The van der Waals surface area contributed by atoms with Crippen molar-refractivity contribution in [3.63, 3.8) is 0 Å². The highest BCUT2D eigenvalue weighted by molar-refractivity contribution is 5.93. The Kier molecular flexibility index (Phi) is 5.35. The Labute approximate surface area is 157 Å². The molecule has 0 saturated heterocycles. The number of hydrogen-bond acceptors (Lipinski definition) is 4. The van der Waals surface area contributed by atoms with Crippen LogP contribution in [0.4, 0.5) is 5.69 Å². The van der Waals surface area contributed by atoms with Crippen LogP contribution in [0.5, 0.6) is 0 Å². The maximum absolute atomic E-state index is 12.6. The molecule has 1 N–H and O–H groups in total. The van der Waals surface area contributed by atoms with Crippen molar-refractivity contribution in [2.75, 3.05) is 12.4 Å². The van der Waals surface area contributed by atoms with Crippen LogP contribution in [0.3, 0.4) is 0 Å². The van der Waals surface area contributed by atoms with Crippen molar-refractivity contribution in [2.45, 2.75) is 19.4 Å². The number of hydrogen-bond donors (Lipinski definition) is 1. The van der Waals surface area contributed by atoms with Gasteiger partial charge in [-0.3, -0.25) is 9.59 Å². The Balaban J connectivity index is 1.75. The van der Waals surface area contributed by atoms with Crippen LogP contribution in [-0.2, 0) is 14.3 Å². The Hall–Kier alpha value is -3.41. The lowest BCUT2D eigenvalue weighted by Gasteiger charge is -2.32. The number of rotatable bonds is 4. The predicted molar refractivity (Wildman–Crippen MR) is 102 cm³/mol. The zero-order valence-corrected chi connectivity index (χ0v) is 15.1. The van der Waals surface area contributed by atoms with E-state index in [-0.39, 0.29) is 24.3 Å². The Morgan fingerprint density at radius 1 is 1.07 bits per heavy atom. The second kappa shape index (κ2) is 7.86. The summed E-state index contributed by atoms with van der Waals surface area (Å²) in [6, 6.07) is 13.8. The van der Waals surface area contributed by atoms with E-state index in [4.69, 9.17) is 0 Å². The molecule has 0 unspecified atom stereocenters. The van der Waals surface area contributed by atoms with Crippen molar-refractivity contribution in [2.24, 2.45) is 0 Å². The third-order valence-electron chi connectivity index (χ3n) is 4.44. The summed E-state index contributed by atoms with van der Waals surface area (Å²) in [6.07, 6.45) is 3.71. The van der Waals surface area contributed by atoms with E-state index in [2.05, 4.69) is 10.1 Å². The quantitative estimate of drug-likeness (QED) is 0.844. The summed E-state index contributed by atoms with van der Waals surface area (Å²) < 4.78 is 4.66. The van der Waals surface area contributed by atoms with Crippen molar-refractivity contribution >= 4 is 29.5 Å². The molecule has 2 amide bonds. The molecular weight excluding hydrogens is 344 g/mol. The smallest absolute Gasteiger partial charge is 0.337 e. The lowest BCUT2D eigenvalue weighted by Crippen LogP contribution is -2.33. The van der Waals surface area contributed by atoms with Gasteiger partial charge < -0.3 is 15.0 Å². The van der Waals surface area contributed by atoms with Gasteiger partial charge in [-0.05, 0) is 41.5 Å². The van der Waals surface area contributed by atoms with Crippen LogP contribution in [-0.4, -0.2) is 29.8 Å². The summed E-state index contributed by atoms with van der Waals surface area (Å²) >= 11 is 0. The highest BCUT2D eigenvalue weighted by atomic mass is 16.5. The molecule has 0 radical (unpaired) electrons. The van der Waals surface area contributed by atoms with Gasteiger partial charge in [-0.15, -0.1) is 0 Å². The fourth-order valence-corrected chi connectivity index (χ4v) is 3.11. The van der Waals surface area contributed by atoms with E-state index in [9.17, 15) is 14.4 Å². The van der Waals surface area contributed by atoms with Crippen molar-refractivity contribution in [3.8, 4) is 0 Å². The Morgan fingerprint density at radius 3 is 2.44 bits per heavy atom. The predicted octanol–water partition coefficient (Wildman–Crippen LogP) is 3.38. The third kappa shape index (κ3) is 4.06. The van der Waals surface area contributed by atoms with Gasteiger partial charge >= 0.3 is 5.97 Å². The molecule has 0 aliphatic carbocycles. The lowest BCUT2D eigenvalue weighted by molar-refractivity contribution is -0.129. The summed E-state index contributed by atoms with van der Waals surface area (Å²) in [5.41, 5.74) is 2.91. The van der Waals surface area contributed by atoms with Crippen LogP contribution in [0.1, 0.15) is 40.9 Å². The second-order valence-electron chi connectivity index (χ2n) is 6.21. The molecule has 2 aromatic rings. The van der Waals surface area contributed by atoms with Gasteiger partial charge in [-0.2, -0.15) is 0 Å². The SMILES string of the molecule is COC(=O)c1ccc(NC(=O)C[C@@H]2c3ccccc3C=CN2C(C)=O)cc1. The zero-order valence-electron chi connectivity index (χ0n) is 15.1. The molecule has 1 heterocycles. The maximum Gasteiger partial charge on any atom is 0.337 e. The minimum Gasteiger partial charge on any atom is -0.465 e. The number of methoxy groups -OCH3 is 1. The van der Waals surface area contributed by atoms with Crippen LogP contribution in [0.25, 0.3) is 6.08 Å². The van der Waals surface area contributed by atoms with Crippen LogP contribution in [0, 0.1) is 0 Å². The molecule has 0 aromatic heterocycles. The van der Waals surface area contributed by atoms with Crippen molar-refractivity contribution in [3.05, 3.63) is 71.4 Å². The lowest BCUT2D eigenvalue weighted by atomic mass is 9.93. The van der Waals surface area contributed by atoms with E-state index in [1.54, 1.807) is 35.4 Å². The topological polar surface area (TPSA) is 75.7 Å². The van der Waals surface area contributed by atoms with Crippen molar-refractivity contribution in [1.29, 1.82) is 0 Å². The molecule has 27 heavy (non-hydrogen) atoms. The number of ether oxygens (including phenoxy) is 1. The summed E-state index contributed by atoms with van der Waals surface area (Å²) in [7, 11) is 1.31. The van der Waals surface area contributed by atoms with E-state index in [1.165, 1.54) is 14.0 Å². The summed E-state index contributed by atoms with van der Waals surface area (Å²) in [5.74, 6) is -0.779. The second-order valence-corrected chi connectivity index (χ2v) is 6.21. The average molecular weight is 364 g/mol. The minimum atomic E-state index is -0.435. The molecule has 0 spiro atoms. The van der Waals surface area contributed by atoms with Crippen LogP contribution >= 0.6 is 0 Å². The highest BCUT2D eigenvalue weighted by Gasteiger charge is 2.28. The third-order valence-corrected chi connectivity index (χ3v) is 4.44. The number of nitrogens with zero attached hydrogens (tertiary/aromatic N) is 1. The summed E-state index contributed by atoms with van der Waals surface area (Å²) in [6.45, 7) is 1.48. The van der Waals surface area contributed by atoms with Crippen LogP contribution < -0.4 is 5.32 Å². The number of benzene rings is 2. The maximum atomic E-state index is 12.6. The fraction of sp³-hybridized carbons (Fsp3) is 0.190. The molecule has 6 nitrogen and oxygen atoms in total. The molecule has 1 aliphatic heterocycles. The van der Waals surface area contributed by atoms with Gasteiger partial charge in [0.2, 0.25) is 11.8 Å². The molecule has 138 valence electrons. The first-order valence-corrected chi connectivity index (χ1v) is 8.54. The molecule has 0 fully saturated rings. The normalized spacial score (nSPS) is 15.0. The highest BCUT2D eigenvalue weighted by Crippen LogP contribution is 2.33. The summed E-state index contributed by atoms with van der Waals surface area (Å²) in [5, 5.41) is 2.81. The van der Waals surface area contributed by atoms with Gasteiger partial charge in [0.1, 0.15) is 0 Å². The number of nitrogens with one attached hydrogen (secondary N) is 1. The first kappa shape index (κ1) is 18.4. The van der Waals surface area contributed by atoms with Gasteiger partial charge in [-0.1, -0.05) is 24.3 Å². The molecule has 0 bridgehead atoms. The van der Waals surface area contributed by atoms with E-state index in [0.717, 1.165) is 11.1 Å². The molecule has 6 heteroatoms. The van der Waals surface area contributed by atoms with Gasteiger partial charge in [-0.25, -0.2) is 4.79 Å². The van der Waals surface area contributed by atoms with E-state index >= 15 is 0 Å². The summed E-state index contributed by atoms with van der Waals surface area (Å²) in [4.78, 5) is 37.6.